The van der Waals surface area contributed by atoms with Crippen molar-refractivity contribution in [2.24, 2.45) is 5.73 Å². The van der Waals surface area contributed by atoms with Crippen LogP contribution in [0.3, 0.4) is 0 Å². The molecule has 1 aliphatic carbocycles. The maximum absolute atomic E-state index is 12.9. The first-order valence-corrected chi connectivity index (χ1v) is 20.2. The van der Waals surface area contributed by atoms with Crippen molar-refractivity contribution in [2.75, 3.05) is 38.3 Å². The first kappa shape index (κ1) is 43.6. The van der Waals surface area contributed by atoms with Crippen molar-refractivity contribution < 1.29 is 36.0 Å². The standard InChI is InChI=1S/C16H22N2O7S2.C13H10Cl2N2O.C4H8.CH5N/c1-3-25-15(19)11-17-16(20)14-8-5-9-18(14)27(23,24)13-7-4-6-12(10-13)26(2,21)22;1-8-2-4-9(5-3-8)17-13(18)12-10(14)6-16-7-11(12)15;1-2-4-3-1;1-2/h4,6-7,10,14H,3,5,8-9,11H2,1-2H3,(H,17,20);2-7H,1H3,(H,17,18);1-4H2;2H2,1H3. The van der Waals surface area contributed by atoms with Gasteiger partial charge in [-0.15, -0.1) is 0 Å². The van der Waals surface area contributed by atoms with Crippen LogP contribution in [-0.4, -0.2) is 83.0 Å². The lowest BCUT2D eigenvalue weighted by atomic mass is 10.0. The van der Waals surface area contributed by atoms with Gasteiger partial charge in [-0.25, -0.2) is 16.8 Å². The third kappa shape index (κ3) is 13.5. The number of carbonyl (C=O) groups is 3. The van der Waals surface area contributed by atoms with E-state index in [-0.39, 0.29) is 51.0 Å². The van der Waals surface area contributed by atoms with Gasteiger partial charge in [0.05, 0.1) is 32.0 Å². The number of sulfone groups is 1. The molecule has 1 unspecified atom stereocenters. The quantitative estimate of drug-likeness (QED) is 0.248. The van der Waals surface area contributed by atoms with Crippen LogP contribution in [0.25, 0.3) is 0 Å². The van der Waals surface area contributed by atoms with Crippen molar-refractivity contribution in [2.45, 2.75) is 68.2 Å². The monoisotopic (exact) mass is 785 g/mol. The van der Waals surface area contributed by atoms with Gasteiger partial charge < -0.3 is 21.1 Å². The molecule has 0 bridgehead atoms. The number of pyridine rings is 1. The van der Waals surface area contributed by atoms with Crippen LogP contribution in [0.1, 0.15) is 61.4 Å². The van der Waals surface area contributed by atoms with Crippen LogP contribution in [0, 0.1) is 6.92 Å². The number of rotatable bonds is 9. The van der Waals surface area contributed by atoms with E-state index < -0.39 is 37.8 Å². The maximum Gasteiger partial charge on any atom is 0.325 e. The molecule has 2 aliphatic rings. The molecule has 5 rings (SSSR count). The summed E-state index contributed by atoms with van der Waals surface area (Å²) in [5.41, 5.74) is 6.54. The van der Waals surface area contributed by atoms with Crippen molar-refractivity contribution in [3.63, 3.8) is 0 Å². The molecule has 2 heterocycles. The largest absolute Gasteiger partial charge is 0.465 e. The molecule has 1 aromatic heterocycles. The highest BCUT2D eigenvalue weighted by atomic mass is 35.5. The van der Waals surface area contributed by atoms with Gasteiger partial charge in [0, 0.05) is 30.9 Å². The Hall–Kier alpha value is -3.60. The second-order valence-electron chi connectivity index (χ2n) is 11.3. The number of nitrogens with two attached hydrogens (primary N) is 1. The molecule has 1 saturated carbocycles. The molecule has 4 N–H and O–H groups in total. The van der Waals surface area contributed by atoms with E-state index in [1.807, 2.05) is 31.2 Å². The van der Waals surface area contributed by atoms with Crippen molar-refractivity contribution in [1.29, 1.82) is 0 Å². The van der Waals surface area contributed by atoms with E-state index >= 15 is 0 Å². The summed E-state index contributed by atoms with van der Waals surface area (Å²) in [6, 6.07) is 11.5. The average molecular weight is 787 g/mol. The second-order valence-corrected chi connectivity index (χ2v) is 16.0. The lowest BCUT2D eigenvalue weighted by Gasteiger charge is -2.23. The summed E-state index contributed by atoms with van der Waals surface area (Å²) in [6.07, 6.45) is 10.5. The molecular weight excluding hydrogens is 741 g/mol. The molecule has 1 saturated heterocycles. The molecule has 3 aromatic rings. The summed E-state index contributed by atoms with van der Waals surface area (Å²) in [7, 11) is -6.15. The van der Waals surface area contributed by atoms with Gasteiger partial charge in [-0.2, -0.15) is 4.31 Å². The average Bonchev–Trinajstić information content (AvgIpc) is 3.57. The molecule has 2 aromatic carbocycles. The number of hydrogen-bond acceptors (Lipinski definition) is 10. The topological polar surface area (TPSA) is 195 Å². The summed E-state index contributed by atoms with van der Waals surface area (Å²) in [5, 5.41) is 5.57. The minimum atomic E-state index is -4.07. The highest BCUT2D eigenvalue weighted by Gasteiger charge is 2.39. The number of hydrogen-bond donors (Lipinski definition) is 3. The fourth-order valence-electron chi connectivity index (χ4n) is 4.49. The predicted molar refractivity (Wildman–Crippen MR) is 198 cm³/mol. The Labute approximate surface area is 310 Å². The van der Waals surface area contributed by atoms with E-state index in [1.165, 1.54) is 63.3 Å². The molecule has 1 aliphatic heterocycles. The fourth-order valence-corrected chi connectivity index (χ4v) is 7.47. The Kier molecular flexibility index (Phi) is 18.0. The number of halogens is 2. The van der Waals surface area contributed by atoms with Crippen molar-refractivity contribution in [3.05, 3.63) is 82.1 Å². The summed E-state index contributed by atoms with van der Waals surface area (Å²) in [6.45, 7) is 3.57. The number of carbonyl (C=O) groups excluding carboxylic acids is 3. The van der Waals surface area contributed by atoms with Gasteiger partial charge in [-0.3, -0.25) is 19.4 Å². The number of sulfonamides is 1. The summed E-state index contributed by atoms with van der Waals surface area (Å²) in [4.78, 5) is 39.2. The van der Waals surface area contributed by atoms with Crippen LogP contribution in [0.5, 0.6) is 0 Å². The minimum Gasteiger partial charge on any atom is -0.465 e. The third-order valence-electron chi connectivity index (χ3n) is 7.45. The predicted octanol–water partition coefficient (Wildman–Crippen LogP) is 5.01. The molecule has 1 atom stereocenters. The number of aromatic nitrogens is 1. The minimum absolute atomic E-state index is 0.119. The summed E-state index contributed by atoms with van der Waals surface area (Å²) >= 11 is 11.8. The van der Waals surface area contributed by atoms with Crippen LogP contribution < -0.4 is 16.4 Å². The molecular formula is C34H45Cl2N5O8S2. The van der Waals surface area contributed by atoms with Gasteiger partial charge in [0.2, 0.25) is 15.9 Å². The molecule has 280 valence electrons. The highest BCUT2D eigenvalue weighted by Crippen LogP contribution is 2.28. The molecule has 2 fully saturated rings. The van der Waals surface area contributed by atoms with Gasteiger partial charge in [0.25, 0.3) is 5.91 Å². The van der Waals surface area contributed by atoms with Gasteiger partial charge in [0.1, 0.15) is 12.6 Å². The van der Waals surface area contributed by atoms with Gasteiger partial charge >= 0.3 is 5.97 Å². The number of esters is 1. The summed E-state index contributed by atoms with van der Waals surface area (Å²) < 4.78 is 55.0. The maximum atomic E-state index is 12.9. The van der Waals surface area contributed by atoms with Crippen LogP contribution in [0.2, 0.25) is 10.0 Å². The Morgan fingerprint density at radius 1 is 0.922 bits per heavy atom. The number of aryl methyl sites for hydroxylation is 1. The van der Waals surface area contributed by atoms with Crippen LogP contribution >= 0.6 is 23.2 Å². The lowest BCUT2D eigenvalue weighted by molar-refractivity contribution is -0.143. The molecule has 2 amide bonds. The third-order valence-corrected chi connectivity index (χ3v) is 11.0. The number of nitrogens with one attached hydrogen (secondary N) is 2. The van der Waals surface area contributed by atoms with Crippen LogP contribution in [-0.2, 0) is 34.2 Å². The van der Waals surface area contributed by atoms with Gasteiger partial charge in [-0.1, -0.05) is 72.6 Å². The smallest absolute Gasteiger partial charge is 0.325 e. The Bertz CT molecular complexity index is 1820. The van der Waals surface area contributed by atoms with E-state index in [0.717, 1.165) is 22.2 Å². The first-order chi connectivity index (χ1) is 24.1. The number of nitrogens with zero attached hydrogens (tertiary/aromatic N) is 2. The van der Waals surface area contributed by atoms with E-state index in [2.05, 4.69) is 21.4 Å². The number of ether oxygens (including phenoxy) is 1. The normalized spacial score (nSPS) is 15.2. The van der Waals surface area contributed by atoms with Gasteiger partial charge in [-0.05, 0) is 64.1 Å². The van der Waals surface area contributed by atoms with Crippen LogP contribution in [0.15, 0.2) is 70.7 Å². The van der Waals surface area contributed by atoms with E-state index in [4.69, 9.17) is 27.9 Å². The molecule has 0 spiro atoms. The van der Waals surface area contributed by atoms with Crippen LogP contribution in [0.4, 0.5) is 5.69 Å². The molecule has 17 heteroatoms. The number of benzene rings is 2. The highest BCUT2D eigenvalue weighted by molar-refractivity contribution is 7.91. The second kappa shape index (κ2) is 21.1. The zero-order valence-corrected chi connectivity index (χ0v) is 32.2. The van der Waals surface area contributed by atoms with Crippen molar-refractivity contribution in [1.82, 2.24) is 14.6 Å². The molecule has 0 radical (unpaired) electrons. The number of amides is 2. The fraction of sp³-hybridized carbons (Fsp3) is 0.412. The Morgan fingerprint density at radius 3 is 2.02 bits per heavy atom. The lowest BCUT2D eigenvalue weighted by Crippen LogP contribution is -2.47. The zero-order chi connectivity index (χ0) is 38.2. The van der Waals surface area contributed by atoms with Crippen molar-refractivity contribution in [3.8, 4) is 0 Å². The SMILES string of the molecule is C1CCC1.CCOC(=O)CNC(=O)C1CCCN1S(=O)(=O)c1cccc(S(C)(=O)=O)c1.CN.Cc1ccc(NC(=O)c2c(Cl)cncc2Cl)cc1. The van der Waals surface area contributed by atoms with E-state index in [9.17, 15) is 31.2 Å². The van der Waals surface area contributed by atoms with Gasteiger partial charge in [0.15, 0.2) is 9.84 Å². The number of anilines is 1. The zero-order valence-electron chi connectivity index (χ0n) is 29.0. The molecule has 13 nitrogen and oxygen atoms in total. The Balaban J connectivity index is 0.000000320. The first-order valence-electron chi connectivity index (χ1n) is 16.1. The van der Waals surface area contributed by atoms with Crippen molar-refractivity contribution >= 4 is 66.5 Å². The molecule has 51 heavy (non-hydrogen) atoms. The summed E-state index contributed by atoms with van der Waals surface area (Å²) in [5.74, 6) is -1.56. The van der Waals surface area contributed by atoms with E-state index in [1.54, 1.807) is 6.92 Å². The Morgan fingerprint density at radius 2 is 1.49 bits per heavy atom. The van der Waals surface area contributed by atoms with E-state index in [0.29, 0.717) is 18.5 Å².